The smallest absolute Gasteiger partial charge is 0.314 e. The van der Waals surface area contributed by atoms with E-state index in [1.165, 1.54) is 38.5 Å². The molecule has 1 aliphatic carbocycles. The highest BCUT2D eigenvalue weighted by molar-refractivity contribution is 5.78. The van der Waals surface area contributed by atoms with Crippen LogP contribution in [0.1, 0.15) is 74.4 Å². The molecule has 1 atom stereocenters. The Hall–Kier alpha value is -2.07. The molecule has 1 aliphatic heterocycles. The molecule has 2 aromatic rings. The summed E-state index contributed by atoms with van der Waals surface area (Å²) in [5, 5.41) is 0. The zero-order valence-corrected chi connectivity index (χ0v) is 17.4. The van der Waals surface area contributed by atoms with Gasteiger partial charge in [0, 0.05) is 0 Å². The Morgan fingerprint density at radius 2 is 1.62 bits per heavy atom. The van der Waals surface area contributed by atoms with Crippen LogP contribution < -0.4 is 0 Å². The number of carbonyl (C=O) groups is 1. The van der Waals surface area contributed by atoms with Gasteiger partial charge in [0.1, 0.15) is 18.1 Å². The van der Waals surface area contributed by atoms with Gasteiger partial charge >= 0.3 is 5.97 Å². The molecule has 0 amide bonds. The monoisotopic (exact) mass is 395 g/mol. The van der Waals surface area contributed by atoms with Gasteiger partial charge in [-0.3, -0.25) is 9.69 Å². The van der Waals surface area contributed by atoms with Crippen molar-refractivity contribution in [1.29, 1.82) is 0 Å². The average Bonchev–Trinajstić information content (AvgIpc) is 3.22. The Morgan fingerprint density at radius 1 is 0.931 bits per heavy atom. The first-order valence-corrected chi connectivity index (χ1v) is 11.3. The zero-order valence-electron chi connectivity index (χ0n) is 17.4. The summed E-state index contributed by atoms with van der Waals surface area (Å²) in [4.78, 5) is 15.5. The molecular formula is C25H33NO3. The number of furan rings is 1. The molecule has 4 nitrogen and oxygen atoms in total. The highest BCUT2D eigenvalue weighted by atomic mass is 16.5. The first-order valence-electron chi connectivity index (χ1n) is 11.3. The minimum atomic E-state index is -0.167. The van der Waals surface area contributed by atoms with Crippen LogP contribution in [-0.4, -0.2) is 24.0 Å². The minimum absolute atomic E-state index is 0.114. The van der Waals surface area contributed by atoms with Crippen LogP contribution in [0.2, 0.25) is 0 Å². The molecule has 4 heteroatoms. The molecule has 0 radical (unpaired) electrons. The van der Waals surface area contributed by atoms with Crippen LogP contribution in [0.5, 0.6) is 0 Å². The number of likely N-dealkylation sites (tertiary alicyclic amines) is 1. The summed E-state index contributed by atoms with van der Waals surface area (Å²) in [6, 6.07) is 14.1. The molecule has 0 spiro atoms. The normalized spacial score (nSPS) is 19.7. The molecule has 2 fully saturated rings. The van der Waals surface area contributed by atoms with Gasteiger partial charge in [0.25, 0.3) is 0 Å². The number of nitrogens with zero attached hydrogens (tertiary/aromatic N) is 1. The van der Waals surface area contributed by atoms with Gasteiger partial charge < -0.3 is 9.15 Å². The Kier molecular flexibility index (Phi) is 7.04. The minimum Gasteiger partial charge on any atom is -0.461 e. The number of carbonyl (C=O) groups excluding carboxylic acids is 1. The standard InChI is InChI=1S/C25H33NO3/c27-25(24(20-10-4-1-5-11-20)21-12-6-2-7-13-21)28-19-23-15-14-22(29-23)18-26-16-8-3-9-17-26/h1,4-5,10-11,14-15,21,24H,2-3,6-9,12-13,16-19H2/t24-/m0/s1. The van der Waals surface area contributed by atoms with Crippen molar-refractivity contribution in [3.63, 3.8) is 0 Å². The molecule has 4 rings (SSSR count). The molecule has 0 N–H and O–H groups in total. The number of esters is 1. The lowest BCUT2D eigenvalue weighted by Gasteiger charge is -2.29. The van der Waals surface area contributed by atoms with Crippen LogP contribution in [0.25, 0.3) is 0 Å². The highest BCUT2D eigenvalue weighted by Crippen LogP contribution is 2.37. The summed E-state index contributed by atoms with van der Waals surface area (Å²) < 4.78 is 11.7. The SMILES string of the molecule is O=C(OCc1ccc(CN2CCCCC2)o1)[C@@H](c1ccccc1)C1CCCCC1. The van der Waals surface area contributed by atoms with Crippen LogP contribution in [0.4, 0.5) is 0 Å². The van der Waals surface area contributed by atoms with Crippen molar-refractivity contribution >= 4 is 5.97 Å². The third kappa shape index (κ3) is 5.51. The van der Waals surface area contributed by atoms with E-state index in [1.807, 2.05) is 30.3 Å². The molecular weight excluding hydrogens is 362 g/mol. The second kappa shape index (κ2) is 10.1. The lowest BCUT2D eigenvalue weighted by atomic mass is 9.77. The van der Waals surface area contributed by atoms with Crippen LogP contribution in [0.3, 0.4) is 0 Å². The van der Waals surface area contributed by atoms with Crippen molar-refractivity contribution in [1.82, 2.24) is 4.90 Å². The van der Waals surface area contributed by atoms with Crippen molar-refractivity contribution < 1.29 is 13.9 Å². The van der Waals surface area contributed by atoms with Gasteiger partial charge in [0.2, 0.25) is 0 Å². The molecule has 1 saturated carbocycles. The summed E-state index contributed by atoms with van der Waals surface area (Å²) in [5.41, 5.74) is 1.08. The fourth-order valence-corrected chi connectivity index (χ4v) is 4.88. The zero-order chi connectivity index (χ0) is 19.9. The summed E-state index contributed by atoms with van der Waals surface area (Å²) in [5.74, 6) is 1.80. The molecule has 0 unspecified atom stereocenters. The van der Waals surface area contributed by atoms with Crippen molar-refractivity contribution in [3.05, 3.63) is 59.5 Å². The Labute approximate surface area is 174 Å². The van der Waals surface area contributed by atoms with E-state index < -0.39 is 0 Å². The number of hydrogen-bond acceptors (Lipinski definition) is 4. The van der Waals surface area contributed by atoms with Gasteiger partial charge in [0.05, 0.1) is 12.5 Å². The topological polar surface area (TPSA) is 42.7 Å². The maximum Gasteiger partial charge on any atom is 0.314 e. The second-order valence-electron chi connectivity index (χ2n) is 8.60. The molecule has 1 aromatic carbocycles. The quantitative estimate of drug-likeness (QED) is 0.566. The van der Waals surface area contributed by atoms with E-state index in [1.54, 1.807) is 0 Å². The third-order valence-electron chi connectivity index (χ3n) is 6.44. The first-order chi connectivity index (χ1) is 14.3. The van der Waals surface area contributed by atoms with Gasteiger partial charge in [0.15, 0.2) is 0 Å². The number of benzene rings is 1. The largest absolute Gasteiger partial charge is 0.461 e. The summed E-state index contributed by atoms with van der Waals surface area (Å²) in [7, 11) is 0. The van der Waals surface area contributed by atoms with E-state index in [4.69, 9.17) is 9.15 Å². The van der Waals surface area contributed by atoms with Gasteiger partial charge in [-0.2, -0.15) is 0 Å². The van der Waals surface area contributed by atoms with Gasteiger partial charge in [-0.1, -0.05) is 56.0 Å². The number of rotatable bonds is 7. The fourth-order valence-electron chi connectivity index (χ4n) is 4.88. The van der Waals surface area contributed by atoms with Crippen molar-refractivity contribution in [3.8, 4) is 0 Å². The molecule has 0 bridgehead atoms. The summed E-state index contributed by atoms with van der Waals surface area (Å²) >= 11 is 0. The molecule has 1 aromatic heterocycles. The van der Waals surface area contributed by atoms with E-state index >= 15 is 0 Å². The second-order valence-corrected chi connectivity index (χ2v) is 8.60. The first kappa shape index (κ1) is 20.2. The summed E-state index contributed by atoms with van der Waals surface area (Å²) in [6.45, 7) is 3.36. The molecule has 2 heterocycles. The van der Waals surface area contributed by atoms with Crippen LogP contribution in [-0.2, 0) is 22.7 Å². The highest BCUT2D eigenvalue weighted by Gasteiger charge is 2.32. The van der Waals surface area contributed by atoms with E-state index in [0.29, 0.717) is 5.92 Å². The predicted octanol–water partition coefficient (Wildman–Crippen LogP) is 5.67. The lowest BCUT2D eigenvalue weighted by Crippen LogP contribution is -2.28. The number of ether oxygens (including phenoxy) is 1. The van der Waals surface area contributed by atoms with Crippen molar-refractivity contribution in [2.45, 2.75) is 70.4 Å². The maximum atomic E-state index is 13.1. The maximum absolute atomic E-state index is 13.1. The average molecular weight is 396 g/mol. The molecule has 156 valence electrons. The lowest BCUT2D eigenvalue weighted by molar-refractivity contribution is -0.149. The Morgan fingerprint density at radius 3 is 2.38 bits per heavy atom. The van der Waals surface area contributed by atoms with Crippen molar-refractivity contribution in [2.75, 3.05) is 13.1 Å². The summed E-state index contributed by atoms with van der Waals surface area (Å²) in [6.07, 6.45) is 9.78. The van der Waals surface area contributed by atoms with Gasteiger partial charge in [-0.05, 0) is 62.4 Å². The van der Waals surface area contributed by atoms with Crippen molar-refractivity contribution in [2.24, 2.45) is 5.92 Å². The molecule has 2 aliphatic rings. The number of piperidine rings is 1. The Bertz CT molecular complexity index is 757. The third-order valence-corrected chi connectivity index (χ3v) is 6.44. The van der Waals surface area contributed by atoms with E-state index in [0.717, 1.165) is 49.6 Å². The number of hydrogen-bond donors (Lipinski definition) is 0. The Balaban J connectivity index is 1.36. The fraction of sp³-hybridized carbons (Fsp3) is 0.560. The van der Waals surface area contributed by atoms with Crippen LogP contribution >= 0.6 is 0 Å². The molecule has 1 saturated heterocycles. The van der Waals surface area contributed by atoms with E-state index in [2.05, 4.69) is 17.0 Å². The predicted molar refractivity (Wildman–Crippen MR) is 113 cm³/mol. The van der Waals surface area contributed by atoms with E-state index in [9.17, 15) is 4.79 Å². The van der Waals surface area contributed by atoms with E-state index in [-0.39, 0.29) is 18.5 Å². The van der Waals surface area contributed by atoms with Gasteiger partial charge in [-0.25, -0.2) is 0 Å². The molecule has 29 heavy (non-hydrogen) atoms. The van der Waals surface area contributed by atoms with Gasteiger partial charge in [-0.15, -0.1) is 0 Å². The van der Waals surface area contributed by atoms with Crippen LogP contribution in [0.15, 0.2) is 46.9 Å². The van der Waals surface area contributed by atoms with Crippen LogP contribution in [0, 0.1) is 5.92 Å².